The number of carbonyl (C=O) groups is 3. The molecule has 3 aliphatic rings. The van der Waals surface area contributed by atoms with Crippen LogP contribution in [-0.4, -0.2) is 92.6 Å². The molecule has 8 heteroatoms. The Morgan fingerprint density at radius 2 is 1.81 bits per heavy atom. The van der Waals surface area contributed by atoms with Gasteiger partial charge in [-0.2, -0.15) is 0 Å². The van der Waals surface area contributed by atoms with Gasteiger partial charge in [0.2, 0.25) is 17.7 Å². The van der Waals surface area contributed by atoms with E-state index in [1.807, 2.05) is 48.5 Å². The minimum atomic E-state index is -1.12. The first-order valence-corrected chi connectivity index (χ1v) is 13.7. The summed E-state index contributed by atoms with van der Waals surface area (Å²) in [5, 5.41) is 10.4. The van der Waals surface area contributed by atoms with Crippen LogP contribution in [0.3, 0.4) is 0 Å². The zero-order valence-corrected chi connectivity index (χ0v) is 23.8. The standard InChI is InChI=1S/C29H47N3O5/c1-10-15-30(16-11-2)24(34)21-22-25(35)32(20(18-33)19(4)5)23(29(22)14-13-28(21,9)37-29)26(36)31(17-12-3)27(6,7)8/h10,12,19-23,33H,1,3,11,13-18H2,2,4-9H3/t20-,21-,22-,23?,28+,29?/m0/s1. The van der Waals surface area contributed by atoms with Crippen LogP contribution in [0.1, 0.15) is 67.7 Å². The molecule has 0 aliphatic carbocycles. The minimum Gasteiger partial charge on any atom is -0.394 e. The van der Waals surface area contributed by atoms with Crippen molar-refractivity contribution in [1.82, 2.24) is 14.7 Å². The highest BCUT2D eigenvalue weighted by molar-refractivity contribution is 5.99. The normalized spacial score (nSPS) is 31.4. The molecule has 0 radical (unpaired) electrons. The number of nitrogens with zero attached hydrogens (tertiary/aromatic N) is 3. The molecule has 37 heavy (non-hydrogen) atoms. The lowest BCUT2D eigenvalue weighted by molar-refractivity contribution is -0.159. The first-order valence-electron chi connectivity index (χ1n) is 13.7. The Bertz CT molecular complexity index is 927. The van der Waals surface area contributed by atoms with Gasteiger partial charge in [0.05, 0.1) is 30.1 Å². The van der Waals surface area contributed by atoms with Gasteiger partial charge in [-0.05, 0) is 52.9 Å². The summed E-state index contributed by atoms with van der Waals surface area (Å²) in [6.45, 7) is 22.3. The van der Waals surface area contributed by atoms with Crippen molar-refractivity contribution in [3.63, 3.8) is 0 Å². The first-order chi connectivity index (χ1) is 17.3. The van der Waals surface area contributed by atoms with Gasteiger partial charge in [0.25, 0.3) is 0 Å². The lowest BCUT2D eigenvalue weighted by Crippen LogP contribution is -2.62. The fraction of sp³-hybridized carbons (Fsp3) is 0.759. The van der Waals surface area contributed by atoms with Gasteiger partial charge in [0, 0.05) is 25.2 Å². The number of hydrogen-bond acceptors (Lipinski definition) is 5. The smallest absolute Gasteiger partial charge is 0.249 e. The van der Waals surface area contributed by atoms with Gasteiger partial charge in [-0.15, -0.1) is 13.2 Å². The van der Waals surface area contributed by atoms with E-state index in [-0.39, 0.29) is 30.2 Å². The quantitative estimate of drug-likeness (QED) is 0.426. The number of aliphatic hydroxyl groups excluding tert-OH is 1. The summed E-state index contributed by atoms with van der Waals surface area (Å²) in [7, 11) is 0. The van der Waals surface area contributed by atoms with Crippen LogP contribution >= 0.6 is 0 Å². The molecular weight excluding hydrogens is 470 g/mol. The summed E-state index contributed by atoms with van der Waals surface area (Å²) in [5.41, 5.74) is -2.49. The van der Waals surface area contributed by atoms with Crippen LogP contribution < -0.4 is 0 Å². The van der Waals surface area contributed by atoms with Gasteiger partial charge in [0.1, 0.15) is 11.6 Å². The zero-order valence-electron chi connectivity index (χ0n) is 23.8. The Morgan fingerprint density at radius 3 is 2.30 bits per heavy atom. The molecule has 2 unspecified atom stereocenters. The van der Waals surface area contributed by atoms with E-state index in [2.05, 4.69) is 13.2 Å². The highest BCUT2D eigenvalue weighted by atomic mass is 16.5. The Hall–Kier alpha value is -2.19. The molecule has 3 aliphatic heterocycles. The predicted octanol–water partition coefficient (Wildman–Crippen LogP) is 3.01. The van der Waals surface area contributed by atoms with Crippen molar-refractivity contribution in [1.29, 1.82) is 0 Å². The maximum atomic E-state index is 14.4. The molecular formula is C29H47N3O5. The van der Waals surface area contributed by atoms with Gasteiger partial charge in [-0.1, -0.05) is 32.9 Å². The Kier molecular flexibility index (Phi) is 8.35. The summed E-state index contributed by atoms with van der Waals surface area (Å²) in [6.07, 6.45) is 5.26. The molecule has 1 spiro atoms. The van der Waals surface area contributed by atoms with Gasteiger partial charge >= 0.3 is 0 Å². The van der Waals surface area contributed by atoms with Gasteiger partial charge in [-0.3, -0.25) is 14.4 Å². The number of aliphatic hydroxyl groups is 1. The maximum absolute atomic E-state index is 14.4. The van der Waals surface area contributed by atoms with E-state index in [0.717, 1.165) is 6.42 Å². The second-order valence-corrected chi connectivity index (χ2v) is 12.4. The number of amides is 3. The minimum absolute atomic E-state index is 0.0961. The summed E-state index contributed by atoms with van der Waals surface area (Å²) in [4.78, 5) is 47.9. The molecule has 6 atom stereocenters. The monoisotopic (exact) mass is 517 g/mol. The zero-order chi connectivity index (χ0) is 27.9. The largest absolute Gasteiger partial charge is 0.394 e. The number of hydrogen-bond donors (Lipinski definition) is 1. The number of rotatable bonds is 11. The van der Waals surface area contributed by atoms with E-state index < -0.39 is 40.7 Å². The van der Waals surface area contributed by atoms with Crippen molar-refractivity contribution in [2.75, 3.05) is 26.2 Å². The fourth-order valence-electron chi connectivity index (χ4n) is 6.88. The first kappa shape index (κ1) is 29.4. The van der Waals surface area contributed by atoms with Crippen LogP contribution in [0, 0.1) is 17.8 Å². The molecule has 0 aromatic carbocycles. The van der Waals surface area contributed by atoms with E-state index in [0.29, 0.717) is 32.5 Å². The van der Waals surface area contributed by atoms with Gasteiger partial charge < -0.3 is 24.5 Å². The van der Waals surface area contributed by atoms with Crippen molar-refractivity contribution >= 4 is 17.7 Å². The third-order valence-corrected chi connectivity index (χ3v) is 8.57. The van der Waals surface area contributed by atoms with Gasteiger partial charge in [0.15, 0.2) is 0 Å². The topological polar surface area (TPSA) is 90.4 Å². The third-order valence-electron chi connectivity index (χ3n) is 8.57. The average Bonchev–Trinajstić information content (AvgIpc) is 3.37. The van der Waals surface area contributed by atoms with Gasteiger partial charge in [-0.25, -0.2) is 0 Å². The lowest BCUT2D eigenvalue weighted by Gasteiger charge is -2.44. The van der Waals surface area contributed by atoms with Crippen LogP contribution in [0.25, 0.3) is 0 Å². The molecule has 0 aromatic rings. The van der Waals surface area contributed by atoms with E-state index in [1.165, 1.54) is 0 Å². The molecule has 3 amide bonds. The number of ether oxygens (including phenoxy) is 1. The Morgan fingerprint density at radius 1 is 1.19 bits per heavy atom. The van der Waals surface area contributed by atoms with Crippen LogP contribution in [0.2, 0.25) is 0 Å². The van der Waals surface area contributed by atoms with E-state index in [4.69, 9.17) is 4.74 Å². The van der Waals surface area contributed by atoms with Crippen molar-refractivity contribution in [3.05, 3.63) is 25.3 Å². The van der Waals surface area contributed by atoms with E-state index in [9.17, 15) is 19.5 Å². The number of carbonyl (C=O) groups excluding carboxylic acids is 3. The van der Waals surface area contributed by atoms with Crippen LogP contribution in [-0.2, 0) is 19.1 Å². The van der Waals surface area contributed by atoms with Crippen molar-refractivity contribution in [2.45, 2.75) is 96.6 Å². The molecule has 3 saturated heterocycles. The Labute approximate surface area is 222 Å². The van der Waals surface area contributed by atoms with Crippen molar-refractivity contribution in [2.24, 2.45) is 17.8 Å². The molecule has 3 heterocycles. The average molecular weight is 518 g/mol. The maximum Gasteiger partial charge on any atom is 0.249 e. The van der Waals surface area contributed by atoms with E-state index >= 15 is 0 Å². The molecule has 0 saturated carbocycles. The highest BCUT2D eigenvalue weighted by Crippen LogP contribution is 2.64. The Balaban J connectivity index is 2.19. The van der Waals surface area contributed by atoms with Crippen LogP contribution in [0.15, 0.2) is 25.3 Å². The lowest BCUT2D eigenvalue weighted by atomic mass is 9.66. The van der Waals surface area contributed by atoms with Crippen LogP contribution in [0.5, 0.6) is 0 Å². The second-order valence-electron chi connectivity index (χ2n) is 12.4. The molecule has 1 N–H and O–H groups in total. The molecule has 8 nitrogen and oxygen atoms in total. The third kappa shape index (κ3) is 4.65. The summed E-state index contributed by atoms with van der Waals surface area (Å²) in [6, 6.07) is -1.50. The molecule has 0 aromatic heterocycles. The van der Waals surface area contributed by atoms with Crippen molar-refractivity contribution in [3.8, 4) is 0 Å². The fourth-order valence-corrected chi connectivity index (χ4v) is 6.88. The predicted molar refractivity (Wildman–Crippen MR) is 144 cm³/mol. The van der Waals surface area contributed by atoms with Crippen LogP contribution in [0.4, 0.5) is 0 Å². The van der Waals surface area contributed by atoms with Crippen molar-refractivity contribution < 1.29 is 24.2 Å². The number of likely N-dealkylation sites (tertiary alicyclic amines) is 1. The SMILES string of the molecule is C=CCN(CCC)C(=O)[C@@H]1[C@H]2C(=O)N([C@@H](CO)C(C)C)C(C(=O)N(CC=C)C(C)(C)C)C23CC[C@@]1(C)O3. The molecule has 3 fully saturated rings. The summed E-state index contributed by atoms with van der Waals surface area (Å²) in [5.74, 6) is -2.20. The number of fused-ring (bicyclic) bond motifs is 1. The summed E-state index contributed by atoms with van der Waals surface area (Å²) >= 11 is 0. The molecule has 208 valence electrons. The second kappa shape index (κ2) is 10.5. The summed E-state index contributed by atoms with van der Waals surface area (Å²) < 4.78 is 6.77. The molecule has 2 bridgehead atoms. The van der Waals surface area contributed by atoms with E-state index in [1.54, 1.807) is 26.9 Å². The molecule has 3 rings (SSSR count). The highest BCUT2D eigenvalue weighted by Gasteiger charge is 2.79.